The van der Waals surface area contributed by atoms with Gasteiger partial charge in [-0.3, -0.25) is 15.0 Å². The highest BCUT2D eigenvalue weighted by molar-refractivity contribution is 6.05. The Balaban J connectivity index is 1.50. The smallest absolute Gasteiger partial charge is 0.329 e. The first-order valence-corrected chi connectivity index (χ1v) is 12.8. The summed E-state index contributed by atoms with van der Waals surface area (Å²) in [6, 6.07) is 4.75. The van der Waals surface area contributed by atoms with E-state index in [1.807, 2.05) is 13.8 Å². The summed E-state index contributed by atoms with van der Waals surface area (Å²) in [6.07, 6.45) is 3.97. The minimum absolute atomic E-state index is 0.0622. The van der Waals surface area contributed by atoms with Crippen molar-refractivity contribution in [2.75, 3.05) is 48.0 Å². The summed E-state index contributed by atoms with van der Waals surface area (Å²) >= 11 is 0. The van der Waals surface area contributed by atoms with Crippen molar-refractivity contribution in [2.24, 2.45) is 0 Å². The van der Waals surface area contributed by atoms with Gasteiger partial charge in [0.05, 0.1) is 24.9 Å². The average molecular weight is 513 g/mol. The van der Waals surface area contributed by atoms with Gasteiger partial charge in [0.15, 0.2) is 11.6 Å². The van der Waals surface area contributed by atoms with Crippen LogP contribution in [0.3, 0.4) is 0 Å². The monoisotopic (exact) mass is 512 g/mol. The van der Waals surface area contributed by atoms with Gasteiger partial charge in [-0.15, -0.1) is 0 Å². The van der Waals surface area contributed by atoms with Gasteiger partial charge in [-0.1, -0.05) is 0 Å². The van der Waals surface area contributed by atoms with Crippen molar-refractivity contribution >= 4 is 29.3 Å². The van der Waals surface area contributed by atoms with Crippen molar-refractivity contribution in [1.29, 1.82) is 0 Å². The van der Waals surface area contributed by atoms with E-state index in [1.165, 1.54) is 0 Å². The van der Waals surface area contributed by atoms with Crippen LogP contribution in [0.2, 0.25) is 0 Å². The molecule has 0 radical (unpaired) electrons. The number of rotatable bonds is 9. The minimum atomic E-state index is -1.18. The van der Waals surface area contributed by atoms with Gasteiger partial charge in [-0.25, -0.2) is 14.8 Å². The fraction of sp³-hybridized carbons (Fsp3) is 0.538. The van der Waals surface area contributed by atoms with Crippen LogP contribution in [0.1, 0.15) is 56.1 Å². The van der Waals surface area contributed by atoms with Crippen LogP contribution in [0.15, 0.2) is 24.4 Å². The molecule has 0 unspecified atom stereocenters. The highest BCUT2D eigenvalue weighted by Crippen LogP contribution is 2.40. The van der Waals surface area contributed by atoms with E-state index in [0.29, 0.717) is 55.8 Å². The summed E-state index contributed by atoms with van der Waals surface area (Å²) in [5, 5.41) is 15.3. The molecule has 200 valence electrons. The number of nitrogens with zero attached hydrogens (tertiary/aromatic N) is 4. The minimum Gasteiger partial charge on any atom is -0.493 e. The molecule has 2 aromatic rings. The topological polar surface area (TPSA) is 129 Å². The summed E-state index contributed by atoms with van der Waals surface area (Å²) in [6.45, 7) is 9.80. The van der Waals surface area contributed by atoms with Crippen LogP contribution < -0.4 is 25.2 Å². The van der Waals surface area contributed by atoms with Crippen LogP contribution in [0.4, 0.5) is 22.1 Å². The first kappa shape index (κ1) is 26.6. The molecule has 1 saturated heterocycles. The van der Waals surface area contributed by atoms with E-state index in [4.69, 9.17) is 9.47 Å². The SMILES string of the molecule is CCNC(=O)c1cc(C)c2c(n1)N(C(=O)Nc1cc(OCCCOC(C)(C)O)ccn1)[C@H]1CCCN2C1. The third-order valence-corrected chi connectivity index (χ3v) is 6.24. The number of nitrogens with one attached hydrogen (secondary N) is 2. The van der Waals surface area contributed by atoms with Crippen molar-refractivity contribution < 1.29 is 24.2 Å². The third-order valence-electron chi connectivity index (χ3n) is 6.24. The Bertz CT molecular complexity index is 1130. The fourth-order valence-corrected chi connectivity index (χ4v) is 4.69. The lowest BCUT2D eigenvalue weighted by molar-refractivity contribution is -0.176. The molecule has 2 aliphatic heterocycles. The molecule has 1 fully saturated rings. The number of aromatic nitrogens is 2. The molecule has 0 aromatic carbocycles. The Kier molecular flexibility index (Phi) is 8.13. The maximum absolute atomic E-state index is 13.6. The van der Waals surface area contributed by atoms with Crippen molar-refractivity contribution in [3.05, 3.63) is 35.7 Å². The number of aliphatic hydroxyl groups is 1. The number of hydrogen-bond acceptors (Lipinski definition) is 8. The molecule has 4 rings (SSSR count). The Hall–Kier alpha value is -3.44. The molecule has 0 spiro atoms. The van der Waals surface area contributed by atoms with Gasteiger partial charge < -0.3 is 24.8 Å². The lowest BCUT2D eigenvalue weighted by Gasteiger charge is -2.46. The number of ether oxygens (including phenoxy) is 2. The van der Waals surface area contributed by atoms with Gasteiger partial charge in [0, 0.05) is 38.3 Å². The van der Waals surface area contributed by atoms with Gasteiger partial charge in [-0.05, 0) is 58.2 Å². The average Bonchev–Trinajstić information content (AvgIpc) is 2.83. The number of fused-ring (bicyclic) bond motifs is 4. The summed E-state index contributed by atoms with van der Waals surface area (Å²) in [7, 11) is 0. The first-order chi connectivity index (χ1) is 17.7. The van der Waals surface area contributed by atoms with E-state index < -0.39 is 5.79 Å². The molecule has 2 bridgehead atoms. The standard InChI is InChI=1S/C26H36N6O5/c1-5-27-24(33)20-14-17(2)22-23(29-20)32(18-8-6-11-31(22)16-18)25(34)30-21-15-19(9-10-28-21)36-12-7-13-37-26(3,4)35/h9-10,14-15,18,35H,5-8,11-13,16H2,1-4H3,(H,27,33)(H,28,30,34)/t18-/m0/s1. The number of pyridine rings is 2. The zero-order chi connectivity index (χ0) is 26.6. The van der Waals surface area contributed by atoms with E-state index in [1.54, 1.807) is 43.1 Å². The molecule has 3 amide bonds. The van der Waals surface area contributed by atoms with Crippen LogP contribution in [-0.2, 0) is 4.74 Å². The maximum atomic E-state index is 13.6. The Labute approximate surface area is 217 Å². The number of carbonyl (C=O) groups is 2. The number of piperidine rings is 1. The molecule has 2 aromatic heterocycles. The molecule has 0 saturated carbocycles. The zero-order valence-corrected chi connectivity index (χ0v) is 21.9. The summed E-state index contributed by atoms with van der Waals surface area (Å²) < 4.78 is 11.0. The second kappa shape index (κ2) is 11.3. The number of urea groups is 1. The lowest BCUT2D eigenvalue weighted by atomic mass is 9.98. The van der Waals surface area contributed by atoms with Gasteiger partial charge in [0.1, 0.15) is 17.3 Å². The molecule has 3 N–H and O–H groups in total. The largest absolute Gasteiger partial charge is 0.493 e. The molecule has 11 heteroatoms. The molecule has 4 heterocycles. The molecule has 2 aliphatic rings. The first-order valence-electron chi connectivity index (χ1n) is 12.8. The Morgan fingerprint density at radius 1 is 1.27 bits per heavy atom. The highest BCUT2D eigenvalue weighted by atomic mass is 16.6. The number of anilines is 3. The number of aryl methyl sites for hydroxylation is 1. The predicted molar refractivity (Wildman–Crippen MR) is 140 cm³/mol. The summed E-state index contributed by atoms with van der Waals surface area (Å²) in [5.74, 6) is -0.0340. The van der Waals surface area contributed by atoms with Crippen molar-refractivity contribution in [3.8, 4) is 5.75 Å². The van der Waals surface area contributed by atoms with Crippen molar-refractivity contribution in [3.63, 3.8) is 0 Å². The quantitative estimate of drug-likeness (QED) is 0.345. The zero-order valence-electron chi connectivity index (χ0n) is 21.9. The fourth-order valence-electron chi connectivity index (χ4n) is 4.69. The van der Waals surface area contributed by atoms with E-state index in [0.717, 1.165) is 30.6 Å². The Morgan fingerprint density at radius 3 is 2.84 bits per heavy atom. The van der Waals surface area contributed by atoms with Crippen molar-refractivity contribution in [2.45, 2.75) is 58.8 Å². The summed E-state index contributed by atoms with van der Waals surface area (Å²) in [4.78, 5) is 39.0. The van der Waals surface area contributed by atoms with E-state index >= 15 is 0 Å². The summed E-state index contributed by atoms with van der Waals surface area (Å²) in [5.41, 5.74) is 2.09. The molecular formula is C26H36N6O5. The maximum Gasteiger partial charge on any atom is 0.329 e. The van der Waals surface area contributed by atoms with Gasteiger partial charge in [0.2, 0.25) is 0 Å². The van der Waals surface area contributed by atoms with Crippen molar-refractivity contribution in [1.82, 2.24) is 15.3 Å². The third kappa shape index (κ3) is 6.47. The highest BCUT2D eigenvalue weighted by Gasteiger charge is 2.39. The molecule has 11 nitrogen and oxygen atoms in total. The van der Waals surface area contributed by atoms with Gasteiger partial charge >= 0.3 is 6.03 Å². The Morgan fingerprint density at radius 2 is 2.08 bits per heavy atom. The lowest BCUT2D eigenvalue weighted by Crippen LogP contribution is -2.56. The van der Waals surface area contributed by atoms with Crippen LogP contribution in [0.25, 0.3) is 0 Å². The van der Waals surface area contributed by atoms with Crippen LogP contribution in [-0.4, -0.2) is 71.7 Å². The molecule has 0 aliphatic carbocycles. The van der Waals surface area contributed by atoms with Crippen LogP contribution >= 0.6 is 0 Å². The van der Waals surface area contributed by atoms with Gasteiger partial charge in [-0.2, -0.15) is 0 Å². The second-order valence-electron chi connectivity index (χ2n) is 9.77. The van der Waals surface area contributed by atoms with E-state index in [9.17, 15) is 14.7 Å². The van der Waals surface area contributed by atoms with E-state index in [-0.39, 0.29) is 18.0 Å². The van der Waals surface area contributed by atoms with Crippen LogP contribution in [0, 0.1) is 6.92 Å². The van der Waals surface area contributed by atoms with Gasteiger partial charge in [0.25, 0.3) is 5.91 Å². The second-order valence-corrected chi connectivity index (χ2v) is 9.77. The number of hydrogen-bond donors (Lipinski definition) is 3. The normalized spacial score (nSPS) is 16.7. The molecule has 1 atom stereocenters. The van der Waals surface area contributed by atoms with E-state index in [2.05, 4.69) is 25.5 Å². The predicted octanol–water partition coefficient (Wildman–Crippen LogP) is 3.07. The molecular weight excluding hydrogens is 476 g/mol. The number of carbonyl (C=O) groups excluding carboxylic acids is 2. The molecule has 37 heavy (non-hydrogen) atoms. The van der Waals surface area contributed by atoms with Crippen LogP contribution in [0.5, 0.6) is 5.75 Å². The number of amides is 3.